The Morgan fingerprint density at radius 1 is 1.05 bits per heavy atom. The standard InChI is InChI=1S/C18H22BrN/c1-5-20-18(15-10-9-12(2)13(3)11-15)16-7-6-8-17(19)14(16)4/h6-11,18,20H,5H2,1-4H3. The molecule has 1 unspecified atom stereocenters. The summed E-state index contributed by atoms with van der Waals surface area (Å²) in [5.41, 5.74) is 6.66. The first-order chi connectivity index (χ1) is 9.54. The predicted molar refractivity (Wildman–Crippen MR) is 90.3 cm³/mol. The van der Waals surface area contributed by atoms with Crippen molar-refractivity contribution < 1.29 is 0 Å². The van der Waals surface area contributed by atoms with Crippen molar-refractivity contribution in [1.29, 1.82) is 0 Å². The first-order valence-electron chi connectivity index (χ1n) is 7.10. The second-order valence-corrected chi connectivity index (χ2v) is 6.14. The van der Waals surface area contributed by atoms with Crippen LogP contribution in [-0.4, -0.2) is 6.54 Å². The van der Waals surface area contributed by atoms with Crippen molar-refractivity contribution in [3.8, 4) is 0 Å². The molecule has 0 spiro atoms. The Bertz CT molecular complexity index is 604. The highest BCUT2D eigenvalue weighted by molar-refractivity contribution is 9.10. The summed E-state index contributed by atoms with van der Waals surface area (Å²) >= 11 is 3.64. The summed E-state index contributed by atoms with van der Waals surface area (Å²) in [5.74, 6) is 0. The molecule has 0 aromatic heterocycles. The number of hydrogen-bond acceptors (Lipinski definition) is 1. The average Bonchev–Trinajstić information content (AvgIpc) is 2.43. The van der Waals surface area contributed by atoms with Crippen LogP contribution in [-0.2, 0) is 0 Å². The van der Waals surface area contributed by atoms with Gasteiger partial charge in [0.2, 0.25) is 0 Å². The maximum absolute atomic E-state index is 3.64. The number of aryl methyl sites for hydroxylation is 2. The third kappa shape index (κ3) is 3.13. The van der Waals surface area contributed by atoms with Crippen LogP contribution in [0.3, 0.4) is 0 Å². The molecule has 0 amide bonds. The van der Waals surface area contributed by atoms with E-state index in [1.807, 2.05) is 0 Å². The summed E-state index contributed by atoms with van der Waals surface area (Å²) in [4.78, 5) is 0. The number of nitrogens with one attached hydrogen (secondary N) is 1. The smallest absolute Gasteiger partial charge is 0.0579 e. The van der Waals surface area contributed by atoms with Crippen molar-refractivity contribution in [3.05, 3.63) is 68.7 Å². The van der Waals surface area contributed by atoms with Gasteiger partial charge in [-0.1, -0.05) is 53.2 Å². The van der Waals surface area contributed by atoms with Gasteiger partial charge in [-0.15, -0.1) is 0 Å². The first-order valence-corrected chi connectivity index (χ1v) is 7.89. The SMILES string of the molecule is CCNC(c1ccc(C)c(C)c1)c1cccc(Br)c1C. The summed E-state index contributed by atoms with van der Waals surface area (Å²) in [6, 6.07) is 13.4. The van der Waals surface area contributed by atoms with Crippen LogP contribution < -0.4 is 5.32 Å². The van der Waals surface area contributed by atoms with Crippen molar-refractivity contribution in [2.24, 2.45) is 0 Å². The first kappa shape index (κ1) is 15.3. The summed E-state index contributed by atoms with van der Waals surface area (Å²) in [7, 11) is 0. The molecule has 0 heterocycles. The van der Waals surface area contributed by atoms with Gasteiger partial charge in [0, 0.05) is 4.47 Å². The van der Waals surface area contributed by atoms with E-state index in [2.05, 4.69) is 85.3 Å². The maximum atomic E-state index is 3.64. The second kappa shape index (κ2) is 6.55. The molecule has 0 aliphatic carbocycles. The summed E-state index contributed by atoms with van der Waals surface area (Å²) in [5, 5.41) is 3.61. The van der Waals surface area contributed by atoms with Crippen LogP contribution in [0.4, 0.5) is 0 Å². The molecule has 20 heavy (non-hydrogen) atoms. The van der Waals surface area contributed by atoms with Crippen LogP contribution >= 0.6 is 15.9 Å². The fraction of sp³-hybridized carbons (Fsp3) is 0.333. The van der Waals surface area contributed by atoms with Crippen molar-refractivity contribution >= 4 is 15.9 Å². The monoisotopic (exact) mass is 331 g/mol. The Kier molecular flexibility index (Phi) is 5.00. The lowest BCUT2D eigenvalue weighted by Crippen LogP contribution is -2.23. The molecule has 2 rings (SSSR count). The van der Waals surface area contributed by atoms with Crippen molar-refractivity contribution in [3.63, 3.8) is 0 Å². The predicted octanol–water partition coefficient (Wildman–Crippen LogP) is 5.07. The van der Waals surface area contributed by atoms with Crippen molar-refractivity contribution in [2.45, 2.75) is 33.7 Å². The highest BCUT2D eigenvalue weighted by Crippen LogP contribution is 2.29. The Labute approximate surface area is 130 Å². The van der Waals surface area contributed by atoms with E-state index in [1.165, 1.54) is 32.3 Å². The van der Waals surface area contributed by atoms with Crippen LogP contribution in [0.2, 0.25) is 0 Å². The number of hydrogen-bond donors (Lipinski definition) is 1. The van der Waals surface area contributed by atoms with Crippen LogP contribution in [0.15, 0.2) is 40.9 Å². The van der Waals surface area contributed by atoms with Crippen LogP contribution in [0.25, 0.3) is 0 Å². The van der Waals surface area contributed by atoms with E-state index in [-0.39, 0.29) is 6.04 Å². The molecule has 2 heteroatoms. The topological polar surface area (TPSA) is 12.0 Å². The van der Waals surface area contributed by atoms with Gasteiger partial charge in [0.1, 0.15) is 0 Å². The van der Waals surface area contributed by atoms with E-state index in [0.717, 1.165) is 6.54 Å². The lowest BCUT2D eigenvalue weighted by molar-refractivity contribution is 0.627. The Morgan fingerprint density at radius 2 is 1.80 bits per heavy atom. The zero-order chi connectivity index (χ0) is 14.7. The molecule has 2 aromatic carbocycles. The molecule has 0 bridgehead atoms. The van der Waals surface area contributed by atoms with Gasteiger partial charge >= 0.3 is 0 Å². The summed E-state index contributed by atoms with van der Waals surface area (Å²) < 4.78 is 1.17. The lowest BCUT2D eigenvalue weighted by atomic mass is 9.93. The minimum absolute atomic E-state index is 0.247. The molecule has 0 aliphatic rings. The quantitative estimate of drug-likeness (QED) is 0.824. The molecule has 1 nitrogen and oxygen atoms in total. The van der Waals surface area contributed by atoms with Crippen LogP contribution in [0, 0.1) is 20.8 Å². The fourth-order valence-electron chi connectivity index (χ4n) is 2.49. The molecule has 0 aliphatic heterocycles. The largest absolute Gasteiger partial charge is 0.307 e. The van der Waals surface area contributed by atoms with Crippen molar-refractivity contribution in [1.82, 2.24) is 5.32 Å². The van der Waals surface area contributed by atoms with E-state index in [0.29, 0.717) is 0 Å². The number of benzene rings is 2. The van der Waals surface area contributed by atoms with Crippen LogP contribution in [0.1, 0.15) is 40.8 Å². The normalized spacial score (nSPS) is 12.4. The maximum Gasteiger partial charge on any atom is 0.0579 e. The molecule has 0 radical (unpaired) electrons. The van der Waals surface area contributed by atoms with Gasteiger partial charge in [-0.05, 0) is 61.2 Å². The average molecular weight is 332 g/mol. The summed E-state index contributed by atoms with van der Waals surface area (Å²) in [6.45, 7) is 9.61. The number of rotatable bonds is 4. The molecule has 0 fully saturated rings. The zero-order valence-electron chi connectivity index (χ0n) is 12.6. The minimum atomic E-state index is 0.247. The van der Waals surface area contributed by atoms with E-state index >= 15 is 0 Å². The van der Waals surface area contributed by atoms with E-state index in [4.69, 9.17) is 0 Å². The highest BCUT2D eigenvalue weighted by atomic mass is 79.9. The highest BCUT2D eigenvalue weighted by Gasteiger charge is 2.16. The third-order valence-electron chi connectivity index (χ3n) is 3.89. The van der Waals surface area contributed by atoms with Gasteiger partial charge in [0.15, 0.2) is 0 Å². The van der Waals surface area contributed by atoms with E-state index in [9.17, 15) is 0 Å². The van der Waals surface area contributed by atoms with Gasteiger partial charge in [-0.3, -0.25) is 0 Å². The van der Waals surface area contributed by atoms with Gasteiger partial charge in [-0.25, -0.2) is 0 Å². The van der Waals surface area contributed by atoms with Crippen molar-refractivity contribution in [2.75, 3.05) is 6.54 Å². The molecule has 1 N–H and O–H groups in total. The lowest BCUT2D eigenvalue weighted by Gasteiger charge is -2.22. The summed E-state index contributed by atoms with van der Waals surface area (Å²) in [6.07, 6.45) is 0. The van der Waals surface area contributed by atoms with Gasteiger partial charge < -0.3 is 5.32 Å². The minimum Gasteiger partial charge on any atom is -0.307 e. The van der Waals surface area contributed by atoms with Crippen LogP contribution in [0.5, 0.6) is 0 Å². The Hall–Kier alpha value is -1.12. The molecule has 0 saturated carbocycles. The van der Waals surface area contributed by atoms with Gasteiger partial charge in [0.25, 0.3) is 0 Å². The number of halogens is 1. The molecular formula is C18H22BrN. The Morgan fingerprint density at radius 3 is 2.45 bits per heavy atom. The Balaban J connectivity index is 2.50. The van der Waals surface area contributed by atoms with E-state index < -0.39 is 0 Å². The van der Waals surface area contributed by atoms with E-state index in [1.54, 1.807) is 0 Å². The second-order valence-electron chi connectivity index (χ2n) is 5.29. The molecular weight excluding hydrogens is 310 g/mol. The zero-order valence-corrected chi connectivity index (χ0v) is 14.2. The van der Waals surface area contributed by atoms with Gasteiger partial charge in [-0.2, -0.15) is 0 Å². The fourth-order valence-corrected chi connectivity index (χ4v) is 2.87. The third-order valence-corrected chi connectivity index (χ3v) is 4.75. The molecule has 106 valence electrons. The molecule has 2 aromatic rings. The molecule has 0 saturated heterocycles. The van der Waals surface area contributed by atoms with Gasteiger partial charge in [0.05, 0.1) is 6.04 Å². The molecule has 1 atom stereocenters.